The third-order valence-corrected chi connectivity index (χ3v) is 11.9. The van der Waals surface area contributed by atoms with Gasteiger partial charge in [0, 0.05) is 6.42 Å². The lowest BCUT2D eigenvalue weighted by Crippen LogP contribution is -2.30. The van der Waals surface area contributed by atoms with Crippen LogP contribution in [-0.4, -0.2) is 66.5 Å². The number of aliphatic hydroxyl groups excluding tert-OH is 1. The van der Waals surface area contributed by atoms with E-state index >= 15 is 0 Å². The molecule has 0 aliphatic heterocycles. The molecule has 0 aliphatic rings. The number of carbonyl (C=O) groups is 3. The van der Waals surface area contributed by atoms with Crippen LogP contribution in [0.5, 0.6) is 0 Å². The van der Waals surface area contributed by atoms with Crippen molar-refractivity contribution in [3.05, 3.63) is 158 Å². The molecule has 12 heteroatoms. The molecule has 0 rings (SSSR count). The first kappa shape index (κ1) is 71.1. The van der Waals surface area contributed by atoms with Crippen molar-refractivity contribution >= 4 is 25.7 Å². The number of hydrogen-bond donors (Lipinski definition) is 2. The Labute approximate surface area is 460 Å². The quantitative estimate of drug-likeness (QED) is 0.0197. The Bertz CT molecular complexity index is 1880. The van der Waals surface area contributed by atoms with E-state index in [0.717, 1.165) is 103 Å². The van der Waals surface area contributed by atoms with Gasteiger partial charge in [0.25, 0.3) is 0 Å². The summed E-state index contributed by atoms with van der Waals surface area (Å²) in [6, 6.07) is 0. The summed E-state index contributed by atoms with van der Waals surface area (Å²) < 4.78 is 39.2. The molecule has 0 heterocycles. The minimum Gasteiger partial charge on any atom is -0.462 e. The number of rotatable bonds is 50. The van der Waals surface area contributed by atoms with Gasteiger partial charge in [-0.2, -0.15) is 0 Å². The Kier molecular flexibility index (Phi) is 52.7. The third-order valence-electron chi connectivity index (χ3n) is 11.0. The molecule has 0 fully saturated rings. The summed E-state index contributed by atoms with van der Waals surface area (Å²) in [7, 11) is -4.81. The lowest BCUT2D eigenvalue weighted by molar-refractivity contribution is -0.160. The van der Waals surface area contributed by atoms with Crippen molar-refractivity contribution in [2.24, 2.45) is 0 Å². The van der Waals surface area contributed by atoms with E-state index in [4.69, 9.17) is 23.3 Å². The monoisotopic (exact) mass is 1070 g/mol. The van der Waals surface area contributed by atoms with Crippen molar-refractivity contribution in [3.63, 3.8) is 0 Å². The summed E-state index contributed by atoms with van der Waals surface area (Å²) in [6.07, 6.45) is 74.1. The highest BCUT2D eigenvalue weighted by atomic mass is 31.2. The van der Waals surface area contributed by atoms with Crippen molar-refractivity contribution in [2.45, 2.75) is 200 Å². The van der Waals surface area contributed by atoms with Crippen LogP contribution in [0, 0.1) is 0 Å². The molecule has 426 valence electrons. The summed E-state index contributed by atoms with van der Waals surface area (Å²) >= 11 is 0. The molecule has 0 saturated heterocycles. The molecule has 11 nitrogen and oxygen atoms in total. The summed E-state index contributed by atoms with van der Waals surface area (Å²) in [5.74, 6) is -1.79. The van der Waals surface area contributed by atoms with E-state index in [9.17, 15) is 28.9 Å². The van der Waals surface area contributed by atoms with Crippen molar-refractivity contribution in [3.8, 4) is 0 Å². The molecule has 0 aliphatic carbocycles. The van der Waals surface area contributed by atoms with E-state index in [-0.39, 0.29) is 19.3 Å². The Morgan fingerprint density at radius 3 is 1.12 bits per heavy atom. The van der Waals surface area contributed by atoms with E-state index in [1.807, 2.05) is 36.5 Å². The summed E-state index contributed by atoms with van der Waals surface area (Å²) in [5.41, 5.74) is 0. The molecular weight excluding hydrogens is 976 g/mol. The highest BCUT2D eigenvalue weighted by molar-refractivity contribution is 7.47. The van der Waals surface area contributed by atoms with E-state index in [0.29, 0.717) is 19.3 Å². The van der Waals surface area contributed by atoms with Gasteiger partial charge in [-0.05, 0) is 109 Å². The van der Waals surface area contributed by atoms with E-state index in [1.165, 1.54) is 25.7 Å². The summed E-state index contributed by atoms with van der Waals surface area (Å²) in [5, 5.41) is 9.79. The second-order valence-corrected chi connectivity index (χ2v) is 19.5. The molecule has 0 spiro atoms. The Morgan fingerprint density at radius 1 is 0.395 bits per heavy atom. The number of esters is 3. The molecule has 0 aromatic carbocycles. The molecule has 0 aromatic heterocycles. The Balaban J connectivity index is 4.95. The number of phosphoric acid groups is 1. The molecule has 0 radical (unpaired) electrons. The van der Waals surface area contributed by atoms with Gasteiger partial charge in [-0.3, -0.25) is 23.4 Å². The maximum Gasteiger partial charge on any atom is 0.472 e. The number of allylic oxidation sites excluding steroid dienone is 24. The molecule has 0 aromatic rings. The number of aliphatic hydroxyl groups is 1. The van der Waals surface area contributed by atoms with Crippen LogP contribution in [0.4, 0.5) is 0 Å². The predicted molar refractivity (Wildman–Crippen MR) is 315 cm³/mol. The second-order valence-electron chi connectivity index (χ2n) is 18.0. The molecule has 0 amide bonds. The van der Waals surface area contributed by atoms with E-state index in [1.54, 1.807) is 12.2 Å². The predicted octanol–water partition coefficient (Wildman–Crippen LogP) is 16.9. The fourth-order valence-corrected chi connectivity index (χ4v) is 7.53. The third kappa shape index (κ3) is 53.9. The Morgan fingerprint density at radius 2 is 0.724 bits per heavy atom. The number of hydrogen-bond acceptors (Lipinski definition) is 10. The van der Waals surface area contributed by atoms with Crippen LogP contribution in [0.25, 0.3) is 0 Å². The van der Waals surface area contributed by atoms with E-state index < -0.39 is 64.4 Å². The molecule has 3 atom stereocenters. The van der Waals surface area contributed by atoms with Crippen LogP contribution in [0.1, 0.15) is 188 Å². The Hall–Kier alpha value is -4.90. The normalized spacial score (nSPS) is 14.5. The molecule has 0 saturated carbocycles. The first-order valence-electron chi connectivity index (χ1n) is 28.4. The molecule has 0 bridgehead atoms. The van der Waals surface area contributed by atoms with Gasteiger partial charge in [0.2, 0.25) is 0 Å². The smallest absolute Gasteiger partial charge is 0.462 e. The SMILES string of the molecule is CC/C=C\C/C=C\C/C=C\C/C=C\C/C=C\CC(=O)OC(CO)COP(=O)(O)OCC(COC(=O)CCCCCCCC/C=C\C/C=C\C/C=C\CCCCC)OC(=O)C/C=C\C/C=C\C/C=C\C/C=C\C/C=C\CC. The van der Waals surface area contributed by atoms with Crippen LogP contribution in [0.3, 0.4) is 0 Å². The largest absolute Gasteiger partial charge is 0.472 e. The van der Waals surface area contributed by atoms with Crippen molar-refractivity contribution in [1.29, 1.82) is 0 Å². The van der Waals surface area contributed by atoms with Gasteiger partial charge in [-0.25, -0.2) is 4.57 Å². The van der Waals surface area contributed by atoms with Crippen molar-refractivity contribution in [2.75, 3.05) is 26.4 Å². The average molecular weight is 1080 g/mol. The highest BCUT2D eigenvalue weighted by Gasteiger charge is 2.28. The molecule has 3 unspecified atom stereocenters. The number of unbranched alkanes of at least 4 members (excludes halogenated alkanes) is 9. The van der Waals surface area contributed by atoms with Crippen LogP contribution < -0.4 is 0 Å². The fourth-order valence-electron chi connectivity index (χ4n) is 6.75. The standard InChI is InChI=1S/C64H99O11P/c1-4-7-10-13-16-19-22-25-28-29-30-31-34-35-38-41-44-47-50-53-62(66)71-57-61(75-64(68)55-52-49-46-43-40-37-33-27-24-21-18-15-12-9-6-3)59-73-76(69,70)72-58-60(56-65)74-63(67)54-51-48-45-42-39-36-32-26-23-20-17-14-11-8-5-2/h8-9,11-12,16-21,25-28,30-33,39-40,42-43,48-49,51-52,60-61,65H,4-7,10,13-15,22-24,29,34-38,41,44-47,50,53-59H2,1-3H3,(H,69,70)/b11-8-,12-9-,19-16-,20-17-,21-18-,28-25-,31-30-,32-26-,33-27-,42-39-,43-40-,51-48-,52-49-. The van der Waals surface area contributed by atoms with Crippen LogP contribution in [-0.2, 0) is 42.2 Å². The van der Waals surface area contributed by atoms with Gasteiger partial charge >= 0.3 is 25.7 Å². The van der Waals surface area contributed by atoms with Gasteiger partial charge in [0.1, 0.15) is 12.7 Å². The average Bonchev–Trinajstić information content (AvgIpc) is 3.41. The number of ether oxygens (including phenoxy) is 3. The molecule has 76 heavy (non-hydrogen) atoms. The zero-order chi connectivity index (χ0) is 55.5. The van der Waals surface area contributed by atoms with Crippen LogP contribution in [0.15, 0.2) is 158 Å². The topological polar surface area (TPSA) is 155 Å². The first-order chi connectivity index (χ1) is 37.2. The fraction of sp³-hybridized carbons (Fsp3) is 0.547. The van der Waals surface area contributed by atoms with Crippen molar-refractivity contribution in [1.82, 2.24) is 0 Å². The van der Waals surface area contributed by atoms with Crippen LogP contribution in [0.2, 0.25) is 0 Å². The van der Waals surface area contributed by atoms with Gasteiger partial charge < -0.3 is 24.2 Å². The first-order valence-corrected chi connectivity index (χ1v) is 29.9. The number of phosphoric ester groups is 1. The van der Waals surface area contributed by atoms with Gasteiger partial charge in [0.15, 0.2) is 6.10 Å². The minimum absolute atomic E-state index is 0.0720. The summed E-state index contributed by atoms with van der Waals surface area (Å²) in [4.78, 5) is 48.4. The van der Waals surface area contributed by atoms with Gasteiger partial charge in [0.05, 0.1) is 32.7 Å². The molecule has 2 N–H and O–H groups in total. The van der Waals surface area contributed by atoms with Gasteiger partial charge in [-0.1, -0.05) is 217 Å². The minimum atomic E-state index is -4.81. The zero-order valence-corrected chi connectivity index (χ0v) is 47.8. The van der Waals surface area contributed by atoms with E-state index in [2.05, 4.69) is 130 Å². The van der Waals surface area contributed by atoms with Crippen molar-refractivity contribution < 1.29 is 52.2 Å². The highest BCUT2D eigenvalue weighted by Crippen LogP contribution is 2.43. The van der Waals surface area contributed by atoms with Gasteiger partial charge in [-0.15, -0.1) is 0 Å². The maximum absolute atomic E-state index is 12.9. The van der Waals surface area contributed by atoms with Crippen LogP contribution >= 0.6 is 7.82 Å². The lowest BCUT2D eigenvalue weighted by Gasteiger charge is -2.21. The number of carbonyl (C=O) groups excluding carboxylic acids is 3. The molecular formula is C64H99O11P. The summed E-state index contributed by atoms with van der Waals surface area (Å²) in [6.45, 7) is 4.12. The zero-order valence-electron chi connectivity index (χ0n) is 46.9. The maximum atomic E-state index is 12.9. The lowest BCUT2D eigenvalue weighted by atomic mass is 10.1. The second kappa shape index (κ2) is 56.3.